The summed E-state index contributed by atoms with van der Waals surface area (Å²) in [6.07, 6.45) is 4.56. The normalized spacial score (nSPS) is 15.6. The smallest absolute Gasteiger partial charge is 0.253 e. The number of hydrogen-bond donors (Lipinski definition) is 1. The minimum absolute atomic E-state index is 0.0120. The number of benzene rings is 1. The highest BCUT2D eigenvalue weighted by Crippen LogP contribution is 2.23. The summed E-state index contributed by atoms with van der Waals surface area (Å²) < 4.78 is 0. The summed E-state index contributed by atoms with van der Waals surface area (Å²) >= 11 is 0. The summed E-state index contributed by atoms with van der Waals surface area (Å²) in [7, 11) is 1.85. The highest BCUT2D eigenvalue weighted by Gasteiger charge is 2.24. The molecule has 18 heavy (non-hydrogen) atoms. The monoisotopic (exact) mass is 246 g/mol. The van der Waals surface area contributed by atoms with Crippen LogP contribution >= 0.6 is 0 Å². The summed E-state index contributed by atoms with van der Waals surface area (Å²) in [4.78, 5) is 25.0. The van der Waals surface area contributed by atoms with Gasteiger partial charge >= 0.3 is 0 Å². The van der Waals surface area contributed by atoms with Crippen LogP contribution in [0, 0.1) is 0 Å². The first-order valence-electron chi connectivity index (χ1n) is 6.26. The third kappa shape index (κ3) is 2.53. The number of hydrogen-bond acceptors (Lipinski definition) is 2. The van der Waals surface area contributed by atoms with Crippen LogP contribution in [0.25, 0.3) is 0 Å². The zero-order valence-electron chi connectivity index (χ0n) is 10.6. The van der Waals surface area contributed by atoms with Gasteiger partial charge in [-0.25, -0.2) is 0 Å². The fourth-order valence-electron chi connectivity index (χ4n) is 2.44. The Morgan fingerprint density at radius 1 is 1.11 bits per heavy atom. The van der Waals surface area contributed by atoms with Crippen LogP contribution in [-0.2, 0) is 0 Å². The van der Waals surface area contributed by atoms with E-state index in [1.165, 1.54) is 12.8 Å². The van der Waals surface area contributed by atoms with Gasteiger partial charge in [-0.05, 0) is 37.1 Å². The lowest BCUT2D eigenvalue weighted by atomic mass is 10.1. The van der Waals surface area contributed by atoms with E-state index >= 15 is 0 Å². The predicted molar refractivity (Wildman–Crippen MR) is 69.3 cm³/mol. The van der Waals surface area contributed by atoms with Gasteiger partial charge in [0.25, 0.3) is 5.91 Å². The highest BCUT2D eigenvalue weighted by atomic mass is 16.2. The van der Waals surface area contributed by atoms with Gasteiger partial charge in [-0.15, -0.1) is 0 Å². The maximum absolute atomic E-state index is 12.2. The second-order valence-corrected chi connectivity index (χ2v) is 4.80. The first-order valence-corrected chi connectivity index (χ1v) is 6.26. The summed E-state index contributed by atoms with van der Waals surface area (Å²) in [5.74, 6) is -0.462. The molecular formula is C14H18N2O2. The molecule has 0 unspecified atom stereocenters. The first-order chi connectivity index (χ1) is 8.59. The Kier molecular flexibility index (Phi) is 3.65. The van der Waals surface area contributed by atoms with Crippen LogP contribution in [0.5, 0.6) is 0 Å². The Balaban J connectivity index is 2.10. The lowest BCUT2D eigenvalue weighted by Gasteiger charge is -2.24. The standard InChI is InChI=1S/C14H18N2O2/c1-16(12-4-2-3-5-12)14(18)11-8-6-10(7-9-11)13(15)17/h6-9,12H,2-5H2,1H3,(H2,15,17). The number of nitrogens with zero attached hydrogens (tertiary/aromatic N) is 1. The molecule has 0 atom stereocenters. The Hall–Kier alpha value is -1.84. The largest absolute Gasteiger partial charge is 0.366 e. The topological polar surface area (TPSA) is 63.4 Å². The van der Waals surface area contributed by atoms with Crippen molar-refractivity contribution in [3.63, 3.8) is 0 Å². The molecule has 2 rings (SSSR count). The van der Waals surface area contributed by atoms with Crippen molar-refractivity contribution in [1.82, 2.24) is 4.90 Å². The molecule has 2 amide bonds. The molecule has 4 nitrogen and oxygen atoms in total. The lowest BCUT2D eigenvalue weighted by molar-refractivity contribution is 0.0734. The molecule has 1 aliphatic carbocycles. The van der Waals surface area contributed by atoms with Crippen LogP contribution in [0.2, 0.25) is 0 Å². The summed E-state index contributed by atoms with van der Waals surface area (Å²) in [6.45, 7) is 0. The van der Waals surface area contributed by atoms with Gasteiger partial charge in [-0.2, -0.15) is 0 Å². The van der Waals surface area contributed by atoms with Crippen LogP contribution in [0.3, 0.4) is 0 Å². The summed E-state index contributed by atoms with van der Waals surface area (Å²) in [6, 6.07) is 6.87. The number of carbonyl (C=O) groups is 2. The van der Waals surface area contributed by atoms with Crippen LogP contribution in [-0.4, -0.2) is 29.8 Å². The Morgan fingerprint density at radius 3 is 2.11 bits per heavy atom. The van der Waals surface area contributed by atoms with Gasteiger partial charge in [0.15, 0.2) is 0 Å². The Labute approximate surface area is 107 Å². The maximum atomic E-state index is 12.2. The zero-order chi connectivity index (χ0) is 13.1. The van der Waals surface area contributed by atoms with E-state index in [9.17, 15) is 9.59 Å². The van der Waals surface area contributed by atoms with Crippen LogP contribution in [0.1, 0.15) is 46.4 Å². The van der Waals surface area contributed by atoms with Crippen LogP contribution in [0.15, 0.2) is 24.3 Å². The van der Waals surface area contributed by atoms with E-state index in [0.717, 1.165) is 12.8 Å². The van der Waals surface area contributed by atoms with Gasteiger partial charge in [0, 0.05) is 24.2 Å². The molecule has 0 heterocycles. The van der Waals surface area contributed by atoms with E-state index in [0.29, 0.717) is 17.2 Å². The minimum atomic E-state index is -0.474. The van der Waals surface area contributed by atoms with Crippen molar-refractivity contribution >= 4 is 11.8 Å². The van der Waals surface area contributed by atoms with Crippen molar-refractivity contribution in [2.24, 2.45) is 5.73 Å². The fourth-order valence-corrected chi connectivity index (χ4v) is 2.44. The molecule has 0 spiro atoms. The van der Waals surface area contributed by atoms with Gasteiger partial charge in [-0.3, -0.25) is 9.59 Å². The SMILES string of the molecule is CN(C(=O)c1ccc(C(N)=O)cc1)C1CCCC1. The molecule has 2 N–H and O–H groups in total. The second kappa shape index (κ2) is 5.21. The average molecular weight is 246 g/mol. The van der Waals surface area contributed by atoms with Gasteiger partial charge in [0.2, 0.25) is 5.91 Å². The molecule has 0 saturated heterocycles. The van der Waals surface area contributed by atoms with Crippen molar-refractivity contribution in [1.29, 1.82) is 0 Å². The molecule has 0 bridgehead atoms. The second-order valence-electron chi connectivity index (χ2n) is 4.80. The fraction of sp³-hybridized carbons (Fsp3) is 0.429. The average Bonchev–Trinajstić information content (AvgIpc) is 2.91. The molecule has 96 valence electrons. The summed E-state index contributed by atoms with van der Waals surface area (Å²) in [5, 5.41) is 0. The number of carbonyl (C=O) groups excluding carboxylic acids is 2. The Morgan fingerprint density at radius 2 is 1.61 bits per heavy atom. The quantitative estimate of drug-likeness (QED) is 0.883. The number of primary amides is 1. The van der Waals surface area contributed by atoms with Crippen LogP contribution in [0.4, 0.5) is 0 Å². The van der Waals surface area contributed by atoms with Crippen molar-refractivity contribution in [3.05, 3.63) is 35.4 Å². The molecule has 1 aromatic rings. The third-order valence-corrected chi connectivity index (χ3v) is 3.61. The van der Waals surface area contributed by atoms with E-state index in [4.69, 9.17) is 5.73 Å². The number of rotatable bonds is 3. The van der Waals surface area contributed by atoms with Crippen molar-refractivity contribution in [2.45, 2.75) is 31.7 Å². The minimum Gasteiger partial charge on any atom is -0.366 e. The van der Waals surface area contributed by atoms with E-state index < -0.39 is 5.91 Å². The molecule has 0 aliphatic heterocycles. The van der Waals surface area contributed by atoms with Gasteiger partial charge < -0.3 is 10.6 Å². The van der Waals surface area contributed by atoms with Gasteiger partial charge in [0.05, 0.1) is 0 Å². The van der Waals surface area contributed by atoms with Crippen molar-refractivity contribution < 1.29 is 9.59 Å². The predicted octanol–water partition coefficient (Wildman–Crippen LogP) is 1.80. The molecule has 1 fully saturated rings. The molecule has 0 radical (unpaired) electrons. The molecule has 1 saturated carbocycles. The van der Waals surface area contributed by atoms with Crippen molar-refractivity contribution in [2.75, 3.05) is 7.05 Å². The molecular weight excluding hydrogens is 228 g/mol. The number of nitrogens with two attached hydrogens (primary N) is 1. The van der Waals surface area contributed by atoms with Gasteiger partial charge in [-0.1, -0.05) is 12.8 Å². The summed E-state index contributed by atoms with van der Waals surface area (Å²) in [5.41, 5.74) is 6.20. The van der Waals surface area contributed by atoms with Crippen molar-refractivity contribution in [3.8, 4) is 0 Å². The lowest BCUT2D eigenvalue weighted by Crippen LogP contribution is -2.35. The Bertz CT molecular complexity index is 447. The van der Waals surface area contributed by atoms with E-state index in [1.54, 1.807) is 24.3 Å². The van der Waals surface area contributed by atoms with Crippen LogP contribution < -0.4 is 5.73 Å². The third-order valence-electron chi connectivity index (χ3n) is 3.61. The van der Waals surface area contributed by atoms with E-state index in [-0.39, 0.29) is 5.91 Å². The number of amides is 2. The molecule has 1 aliphatic rings. The van der Waals surface area contributed by atoms with E-state index in [1.807, 2.05) is 11.9 Å². The van der Waals surface area contributed by atoms with E-state index in [2.05, 4.69) is 0 Å². The molecule has 1 aromatic carbocycles. The zero-order valence-corrected chi connectivity index (χ0v) is 10.6. The first kappa shape index (κ1) is 12.6. The maximum Gasteiger partial charge on any atom is 0.253 e. The molecule has 4 heteroatoms. The molecule has 0 aromatic heterocycles. The highest BCUT2D eigenvalue weighted by molar-refractivity contribution is 5.97. The van der Waals surface area contributed by atoms with Gasteiger partial charge in [0.1, 0.15) is 0 Å².